The zero-order chi connectivity index (χ0) is 16.4. The maximum absolute atomic E-state index is 12.2. The number of hydrogen-bond acceptors (Lipinski definition) is 6. The molecule has 1 aliphatic rings. The van der Waals surface area contributed by atoms with Crippen molar-refractivity contribution in [3.63, 3.8) is 0 Å². The molecule has 0 fully saturated rings. The number of hydrogen-bond donors (Lipinski definition) is 1. The molecular formula is C17H16N4OS2. The summed E-state index contributed by atoms with van der Waals surface area (Å²) in [6, 6.07) is 5.72. The van der Waals surface area contributed by atoms with Gasteiger partial charge in [0.15, 0.2) is 5.13 Å². The van der Waals surface area contributed by atoms with Gasteiger partial charge >= 0.3 is 0 Å². The Balaban J connectivity index is 1.41. The lowest BCUT2D eigenvalue weighted by atomic mass is 10.0. The molecule has 0 radical (unpaired) electrons. The highest BCUT2D eigenvalue weighted by Gasteiger charge is 2.17. The van der Waals surface area contributed by atoms with Gasteiger partial charge in [-0.25, -0.2) is 9.97 Å². The molecule has 1 aliphatic carbocycles. The molecule has 1 N–H and O–H groups in total. The average molecular weight is 356 g/mol. The van der Waals surface area contributed by atoms with E-state index in [4.69, 9.17) is 0 Å². The van der Waals surface area contributed by atoms with Crippen molar-refractivity contribution in [2.24, 2.45) is 0 Å². The maximum atomic E-state index is 12.2. The molecule has 0 unspecified atom stereocenters. The number of anilines is 1. The third-order valence-corrected chi connectivity index (χ3v) is 5.86. The Morgan fingerprint density at radius 3 is 2.96 bits per heavy atom. The summed E-state index contributed by atoms with van der Waals surface area (Å²) in [6.45, 7) is 0. The highest BCUT2D eigenvalue weighted by atomic mass is 32.1. The zero-order valence-electron chi connectivity index (χ0n) is 13.0. The molecular weight excluding hydrogens is 340 g/mol. The van der Waals surface area contributed by atoms with E-state index in [0.717, 1.165) is 34.9 Å². The van der Waals surface area contributed by atoms with Crippen LogP contribution >= 0.6 is 22.7 Å². The maximum Gasteiger partial charge on any atom is 0.232 e. The van der Waals surface area contributed by atoms with Gasteiger partial charge in [0.2, 0.25) is 5.91 Å². The van der Waals surface area contributed by atoms with E-state index in [-0.39, 0.29) is 12.3 Å². The van der Waals surface area contributed by atoms with Crippen molar-refractivity contribution in [2.75, 3.05) is 5.32 Å². The number of aromatic nitrogens is 3. The fourth-order valence-electron chi connectivity index (χ4n) is 2.73. The topological polar surface area (TPSA) is 67.8 Å². The van der Waals surface area contributed by atoms with Gasteiger partial charge in [0.25, 0.3) is 0 Å². The average Bonchev–Trinajstić information content (AvgIpc) is 3.21. The van der Waals surface area contributed by atoms with Crippen LogP contribution in [0.2, 0.25) is 0 Å². The Hall–Kier alpha value is -2.12. The number of nitrogens with one attached hydrogen (secondary N) is 1. The minimum absolute atomic E-state index is 0.0704. The largest absolute Gasteiger partial charge is 0.302 e. The minimum atomic E-state index is -0.0704. The monoisotopic (exact) mass is 356 g/mol. The van der Waals surface area contributed by atoms with Gasteiger partial charge in [-0.2, -0.15) is 0 Å². The predicted octanol–water partition coefficient (Wildman–Crippen LogP) is 3.72. The molecule has 3 aromatic heterocycles. The number of rotatable bonds is 4. The Labute approximate surface area is 147 Å². The number of amides is 1. The summed E-state index contributed by atoms with van der Waals surface area (Å²) in [5.41, 5.74) is 2.76. The quantitative estimate of drug-likeness (QED) is 0.773. The third-order valence-electron chi connectivity index (χ3n) is 3.87. The van der Waals surface area contributed by atoms with Crippen molar-refractivity contribution in [1.29, 1.82) is 0 Å². The van der Waals surface area contributed by atoms with Gasteiger partial charge in [-0.05, 0) is 37.8 Å². The van der Waals surface area contributed by atoms with E-state index in [1.807, 2.05) is 23.6 Å². The molecule has 4 rings (SSSR count). The first-order valence-corrected chi connectivity index (χ1v) is 9.62. The number of nitrogens with zero attached hydrogens (tertiary/aromatic N) is 3. The van der Waals surface area contributed by atoms with Crippen LogP contribution in [-0.2, 0) is 24.1 Å². The van der Waals surface area contributed by atoms with E-state index in [0.29, 0.717) is 5.13 Å². The van der Waals surface area contributed by atoms with Crippen molar-refractivity contribution >= 4 is 33.7 Å². The van der Waals surface area contributed by atoms with E-state index >= 15 is 0 Å². The first-order chi connectivity index (χ1) is 11.8. The lowest BCUT2D eigenvalue weighted by Crippen LogP contribution is -2.14. The summed E-state index contributed by atoms with van der Waals surface area (Å²) in [4.78, 5) is 26.9. The van der Waals surface area contributed by atoms with Crippen LogP contribution in [0.4, 0.5) is 5.13 Å². The first-order valence-electron chi connectivity index (χ1n) is 7.92. The van der Waals surface area contributed by atoms with Gasteiger partial charge in [-0.3, -0.25) is 9.78 Å². The fraction of sp³-hybridized carbons (Fsp3) is 0.294. The summed E-state index contributed by atoms with van der Waals surface area (Å²) in [6.07, 6.45) is 6.53. The molecule has 0 saturated carbocycles. The van der Waals surface area contributed by atoms with Gasteiger partial charge in [0, 0.05) is 16.5 Å². The normalized spacial score (nSPS) is 13.5. The molecule has 122 valence electrons. The second kappa shape index (κ2) is 6.78. The lowest BCUT2D eigenvalue weighted by molar-refractivity contribution is -0.115. The number of aryl methyl sites for hydroxylation is 2. The number of carbonyl (C=O) groups excluding carboxylic acids is 1. The fourth-order valence-corrected chi connectivity index (χ4v) is 4.59. The van der Waals surface area contributed by atoms with E-state index in [9.17, 15) is 4.79 Å². The number of thiazole rings is 2. The molecule has 3 aromatic rings. The van der Waals surface area contributed by atoms with Crippen LogP contribution < -0.4 is 5.32 Å². The number of carbonyl (C=O) groups is 1. The van der Waals surface area contributed by atoms with Crippen LogP contribution in [0.1, 0.15) is 29.1 Å². The second-order valence-electron chi connectivity index (χ2n) is 5.68. The molecule has 24 heavy (non-hydrogen) atoms. The molecule has 0 saturated heterocycles. The lowest BCUT2D eigenvalue weighted by Gasteiger charge is -2.06. The molecule has 7 heteroatoms. The van der Waals surface area contributed by atoms with Gasteiger partial charge in [0.1, 0.15) is 5.01 Å². The van der Waals surface area contributed by atoms with Gasteiger partial charge in [0.05, 0.1) is 23.5 Å². The molecule has 3 heterocycles. The van der Waals surface area contributed by atoms with Crippen LogP contribution in [0.3, 0.4) is 0 Å². The Morgan fingerprint density at radius 1 is 1.21 bits per heavy atom. The highest BCUT2D eigenvalue weighted by Crippen LogP contribution is 2.29. The van der Waals surface area contributed by atoms with Crippen LogP contribution in [0.15, 0.2) is 29.8 Å². The van der Waals surface area contributed by atoms with Gasteiger partial charge in [-0.15, -0.1) is 22.7 Å². The second-order valence-corrected chi connectivity index (χ2v) is 7.62. The molecule has 0 atom stereocenters. The SMILES string of the molecule is O=C(Cc1csc(-c2ccccn2)n1)Nc1nc2c(s1)CCCC2. The molecule has 0 aliphatic heterocycles. The predicted molar refractivity (Wildman–Crippen MR) is 96.4 cm³/mol. The van der Waals surface area contributed by atoms with E-state index in [2.05, 4.69) is 20.3 Å². The van der Waals surface area contributed by atoms with E-state index < -0.39 is 0 Å². The number of fused-ring (bicyclic) bond motifs is 1. The Kier molecular flexibility index (Phi) is 4.36. The van der Waals surface area contributed by atoms with Crippen LogP contribution in [0.25, 0.3) is 10.7 Å². The van der Waals surface area contributed by atoms with Crippen molar-refractivity contribution in [3.8, 4) is 10.7 Å². The van der Waals surface area contributed by atoms with Crippen LogP contribution in [0.5, 0.6) is 0 Å². The van der Waals surface area contributed by atoms with E-state index in [1.54, 1.807) is 17.5 Å². The molecule has 0 aromatic carbocycles. The highest BCUT2D eigenvalue weighted by molar-refractivity contribution is 7.16. The standard InChI is InChI=1S/C17H16N4OS2/c22-15(21-17-20-12-5-1-2-7-14(12)24-17)9-11-10-23-16(19-11)13-6-3-4-8-18-13/h3-4,6,8,10H,1-2,5,7,9H2,(H,20,21,22). The Morgan fingerprint density at radius 2 is 2.12 bits per heavy atom. The number of pyridine rings is 1. The molecule has 0 bridgehead atoms. The van der Waals surface area contributed by atoms with Crippen molar-refractivity contribution in [3.05, 3.63) is 46.0 Å². The van der Waals surface area contributed by atoms with E-state index in [1.165, 1.54) is 29.1 Å². The summed E-state index contributed by atoms with van der Waals surface area (Å²) < 4.78 is 0. The van der Waals surface area contributed by atoms with Gasteiger partial charge < -0.3 is 5.32 Å². The first kappa shape index (κ1) is 15.4. The van der Waals surface area contributed by atoms with Crippen molar-refractivity contribution < 1.29 is 4.79 Å². The zero-order valence-corrected chi connectivity index (χ0v) is 14.6. The minimum Gasteiger partial charge on any atom is -0.302 e. The van der Waals surface area contributed by atoms with Crippen molar-refractivity contribution in [2.45, 2.75) is 32.1 Å². The molecule has 5 nitrogen and oxygen atoms in total. The molecule has 1 amide bonds. The summed E-state index contributed by atoms with van der Waals surface area (Å²) in [5.74, 6) is -0.0704. The summed E-state index contributed by atoms with van der Waals surface area (Å²) in [7, 11) is 0. The third kappa shape index (κ3) is 3.37. The smallest absolute Gasteiger partial charge is 0.232 e. The Bertz CT molecular complexity index is 833. The van der Waals surface area contributed by atoms with Crippen LogP contribution in [-0.4, -0.2) is 20.9 Å². The van der Waals surface area contributed by atoms with Gasteiger partial charge in [-0.1, -0.05) is 6.07 Å². The van der Waals surface area contributed by atoms with Crippen molar-refractivity contribution in [1.82, 2.24) is 15.0 Å². The molecule has 0 spiro atoms. The summed E-state index contributed by atoms with van der Waals surface area (Å²) >= 11 is 3.11. The summed E-state index contributed by atoms with van der Waals surface area (Å²) in [5, 5.41) is 6.38. The van der Waals surface area contributed by atoms with Crippen LogP contribution in [0, 0.1) is 0 Å².